The zero-order valence-electron chi connectivity index (χ0n) is 11.5. The number of rotatable bonds is 5. The lowest BCUT2D eigenvalue weighted by atomic mass is 10.0. The molecule has 2 N–H and O–H groups in total. The Labute approximate surface area is 112 Å². The molecule has 0 heterocycles. The summed E-state index contributed by atoms with van der Waals surface area (Å²) in [4.78, 5) is 10.9. The Balaban J connectivity index is 0.000000982. The van der Waals surface area contributed by atoms with Crippen molar-refractivity contribution in [3.05, 3.63) is 35.4 Å². The van der Waals surface area contributed by atoms with Crippen molar-refractivity contribution in [1.29, 1.82) is 0 Å². The van der Waals surface area contributed by atoms with Gasteiger partial charge < -0.3 is 24.4 Å². The average molecular weight is 272 g/mol. The van der Waals surface area contributed by atoms with Crippen molar-refractivity contribution in [3.8, 4) is 0 Å². The van der Waals surface area contributed by atoms with E-state index in [1.54, 1.807) is 26.4 Å². The van der Waals surface area contributed by atoms with E-state index in [2.05, 4.69) is 4.74 Å². The molecule has 0 aromatic heterocycles. The molecule has 1 unspecified atom stereocenters. The summed E-state index contributed by atoms with van der Waals surface area (Å²) in [7, 11) is 6.00. The van der Waals surface area contributed by atoms with Crippen LogP contribution in [0.3, 0.4) is 0 Å². The third-order valence-electron chi connectivity index (χ3n) is 2.23. The molecule has 108 valence electrons. The van der Waals surface area contributed by atoms with Crippen LogP contribution in [0.4, 0.5) is 0 Å². The first-order chi connectivity index (χ1) is 9.03. The van der Waals surface area contributed by atoms with Gasteiger partial charge in [-0.2, -0.15) is 0 Å². The Morgan fingerprint density at radius 2 is 1.58 bits per heavy atom. The van der Waals surface area contributed by atoms with E-state index in [0.29, 0.717) is 0 Å². The Kier molecular flexibility index (Phi) is 8.73. The van der Waals surface area contributed by atoms with Crippen LogP contribution in [0.1, 0.15) is 22.0 Å². The molecular weight excluding hydrogens is 252 g/mol. The van der Waals surface area contributed by atoms with Crippen molar-refractivity contribution in [1.82, 2.24) is 0 Å². The number of methoxy groups -OCH3 is 3. The van der Waals surface area contributed by atoms with E-state index >= 15 is 0 Å². The molecule has 1 atom stereocenters. The van der Waals surface area contributed by atoms with Gasteiger partial charge in [-0.05, 0) is 6.07 Å². The molecule has 0 saturated heterocycles. The van der Waals surface area contributed by atoms with Crippen molar-refractivity contribution in [2.24, 2.45) is 0 Å². The first-order valence-corrected chi connectivity index (χ1v) is 5.49. The summed E-state index contributed by atoms with van der Waals surface area (Å²) in [6, 6.07) is 6.18. The van der Waals surface area contributed by atoms with E-state index in [1.165, 1.54) is 26.4 Å². The summed E-state index contributed by atoms with van der Waals surface area (Å²) in [5.74, 6) is -1.10. The summed E-state index contributed by atoms with van der Waals surface area (Å²) < 4.78 is 14.0. The standard InChI is InChI=1S/C11H14O5.C2H6O/c1-15-11(16-2)9(12)7-5-3-4-6-8(7)10(13)14;1-3-2/h3-6,9,11-12H,1-2H3,(H,13,14);1-2H3. The van der Waals surface area contributed by atoms with E-state index in [4.69, 9.17) is 14.6 Å². The molecule has 0 aliphatic carbocycles. The number of aliphatic hydroxyl groups is 1. The van der Waals surface area contributed by atoms with Crippen LogP contribution in [0.5, 0.6) is 0 Å². The molecule has 0 amide bonds. The highest BCUT2D eigenvalue weighted by Gasteiger charge is 2.24. The molecule has 6 heteroatoms. The topological polar surface area (TPSA) is 85.2 Å². The lowest BCUT2D eigenvalue weighted by Crippen LogP contribution is -2.24. The predicted molar refractivity (Wildman–Crippen MR) is 69.1 cm³/mol. The van der Waals surface area contributed by atoms with Crippen LogP contribution in [-0.2, 0) is 14.2 Å². The number of benzene rings is 1. The monoisotopic (exact) mass is 272 g/mol. The molecule has 0 aliphatic rings. The number of carbonyl (C=O) groups is 1. The van der Waals surface area contributed by atoms with Gasteiger partial charge in [-0.1, -0.05) is 18.2 Å². The Morgan fingerprint density at radius 3 is 2.00 bits per heavy atom. The van der Waals surface area contributed by atoms with Crippen molar-refractivity contribution in [2.45, 2.75) is 12.4 Å². The number of ether oxygens (including phenoxy) is 3. The number of carboxylic acid groups (broad SMARTS) is 1. The highest BCUT2D eigenvalue weighted by atomic mass is 16.7. The summed E-state index contributed by atoms with van der Waals surface area (Å²) in [6.07, 6.45) is -2.03. The fourth-order valence-corrected chi connectivity index (χ4v) is 1.45. The van der Waals surface area contributed by atoms with E-state index < -0.39 is 18.4 Å². The van der Waals surface area contributed by atoms with Crippen molar-refractivity contribution >= 4 is 5.97 Å². The molecule has 0 saturated carbocycles. The quantitative estimate of drug-likeness (QED) is 0.786. The van der Waals surface area contributed by atoms with Crippen LogP contribution in [-0.4, -0.2) is 50.9 Å². The third kappa shape index (κ3) is 5.35. The maximum absolute atomic E-state index is 10.9. The van der Waals surface area contributed by atoms with Crippen LogP contribution >= 0.6 is 0 Å². The van der Waals surface area contributed by atoms with Crippen LogP contribution in [0, 0.1) is 0 Å². The number of hydrogen-bond donors (Lipinski definition) is 2. The van der Waals surface area contributed by atoms with Crippen molar-refractivity contribution < 1.29 is 29.2 Å². The summed E-state index contributed by atoms with van der Waals surface area (Å²) in [6.45, 7) is 0. The molecule has 6 nitrogen and oxygen atoms in total. The van der Waals surface area contributed by atoms with Gasteiger partial charge in [0.2, 0.25) is 0 Å². The zero-order valence-corrected chi connectivity index (χ0v) is 11.5. The first-order valence-electron chi connectivity index (χ1n) is 5.49. The average Bonchev–Trinajstić information content (AvgIpc) is 2.40. The van der Waals surface area contributed by atoms with Crippen LogP contribution in [0.2, 0.25) is 0 Å². The van der Waals surface area contributed by atoms with Gasteiger partial charge in [-0.25, -0.2) is 4.79 Å². The molecule has 0 aliphatic heterocycles. The van der Waals surface area contributed by atoms with Gasteiger partial charge in [0.15, 0.2) is 6.29 Å². The summed E-state index contributed by atoms with van der Waals surface area (Å²) >= 11 is 0. The Hall–Kier alpha value is -1.47. The lowest BCUT2D eigenvalue weighted by molar-refractivity contribution is -0.166. The molecule has 0 fully saturated rings. The molecule has 19 heavy (non-hydrogen) atoms. The lowest BCUT2D eigenvalue weighted by Gasteiger charge is -2.21. The second-order valence-electron chi connectivity index (χ2n) is 3.59. The maximum atomic E-state index is 10.9. The van der Waals surface area contributed by atoms with Crippen LogP contribution in [0.25, 0.3) is 0 Å². The fourth-order valence-electron chi connectivity index (χ4n) is 1.45. The van der Waals surface area contributed by atoms with Crippen molar-refractivity contribution in [3.63, 3.8) is 0 Å². The van der Waals surface area contributed by atoms with Gasteiger partial charge in [0.1, 0.15) is 6.10 Å². The van der Waals surface area contributed by atoms with Gasteiger partial charge in [0.05, 0.1) is 5.56 Å². The minimum absolute atomic E-state index is 0.0362. The van der Waals surface area contributed by atoms with Gasteiger partial charge in [-0.15, -0.1) is 0 Å². The minimum atomic E-state index is -1.14. The number of aliphatic hydroxyl groups excluding tert-OH is 1. The second-order valence-corrected chi connectivity index (χ2v) is 3.59. The molecule has 1 rings (SSSR count). The number of aromatic carboxylic acids is 1. The smallest absolute Gasteiger partial charge is 0.336 e. The fraction of sp³-hybridized carbons (Fsp3) is 0.462. The van der Waals surface area contributed by atoms with E-state index in [9.17, 15) is 9.90 Å². The molecule has 0 radical (unpaired) electrons. The van der Waals surface area contributed by atoms with Gasteiger partial charge in [0, 0.05) is 34.0 Å². The predicted octanol–water partition coefficient (Wildman–Crippen LogP) is 1.30. The van der Waals surface area contributed by atoms with Gasteiger partial charge >= 0.3 is 5.97 Å². The molecule has 0 bridgehead atoms. The Morgan fingerprint density at radius 1 is 1.11 bits per heavy atom. The largest absolute Gasteiger partial charge is 0.478 e. The summed E-state index contributed by atoms with van der Waals surface area (Å²) in [5, 5.41) is 18.8. The third-order valence-corrected chi connectivity index (χ3v) is 2.23. The molecule has 1 aromatic rings. The highest BCUT2D eigenvalue weighted by molar-refractivity contribution is 5.89. The normalized spacial score (nSPS) is 11.7. The molecule has 0 spiro atoms. The SMILES string of the molecule is COC.COC(OC)C(O)c1ccccc1C(=O)O. The number of carboxylic acids is 1. The molecular formula is C13H20O6. The second kappa shape index (κ2) is 9.46. The van der Waals surface area contributed by atoms with Gasteiger partial charge in [-0.3, -0.25) is 0 Å². The first kappa shape index (κ1) is 17.5. The van der Waals surface area contributed by atoms with Gasteiger partial charge in [0.25, 0.3) is 0 Å². The van der Waals surface area contributed by atoms with Crippen LogP contribution in [0.15, 0.2) is 24.3 Å². The van der Waals surface area contributed by atoms with Crippen LogP contribution < -0.4 is 0 Å². The maximum Gasteiger partial charge on any atom is 0.336 e. The summed E-state index contributed by atoms with van der Waals surface area (Å²) in [5.41, 5.74) is 0.304. The van der Waals surface area contributed by atoms with E-state index in [-0.39, 0.29) is 11.1 Å². The highest BCUT2D eigenvalue weighted by Crippen LogP contribution is 2.23. The zero-order chi connectivity index (χ0) is 14.8. The van der Waals surface area contributed by atoms with E-state index in [1.807, 2.05) is 0 Å². The molecule has 1 aromatic carbocycles. The van der Waals surface area contributed by atoms with E-state index in [0.717, 1.165) is 0 Å². The minimum Gasteiger partial charge on any atom is -0.478 e. The van der Waals surface area contributed by atoms with Crippen molar-refractivity contribution in [2.75, 3.05) is 28.4 Å². The Bertz CT molecular complexity index is 375. The number of hydrogen-bond acceptors (Lipinski definition) is 5.